The average Bonchev–Trinajstić information content (AvgIpc) is 3.23. The lowest BCUT2D eigenvalue weighted by Crippen LogP contribution is -2.42. The Bertz CT molecular complexity index is 467. The van der Waals surface area contributed by atoms with E-state index in [-0.39, 0.29) is 5.91 Å². The van der Waals surface area contributed by atoms with Gasteiger partial charge in [0.05, 0.1) is 4.88 Å². The number of aryl methyl sites for hydroxylation is 2. The van der Waals surface area contributed by atoms with Gasteiger partial charge in [-0.25, -0.2) is 0 Å². The maximum atomic E-state index is 12.8. The molecule has 20 heavy (non-hydrogen) atoms. The molecule has 3 nitrogen and oxygen atoms in total. The second-order valence-electron chi connectivity index (χ2n) is 6.25. The van der Waals surface area contributed by atoms with Crippen LogP contribution in [0.3, 0.4) is 0 Å². The molecule has 1 saturated carbocycles. The molecule has 1 saturated heterocycles. The zero-order chi connectivity index (χ0) is 14.1. The number of carbonyl (C=O) groups is 1. The zero-order valence-electron chi connectivity index (χ0n) is 12.4. The molecule has 1 N–H and O–H groups in total. The highest BCUT2D eigenvalue weighted by molar-refractivity contribution is 7.14. The number of piperidine rings is 1. The van der Waals surface area contributed by atoms with Crippen LogP contribution in [0.15, 0.2) is 6.07 Å². The minimum Gasteiger partial charge on any atom is -0.335 e. The number of hydrogen-bond acceptors (Lipinski definition) is 3. The van der Waals surface area contributed by atoms with E-state index in [0.717, 1.165) is 24.5 Å². The summed E-state index contributed by atoms with van der Waals surface area (Å²) in [6.45, 7) is 7.33. The smallest absolute Gasteiger partial charge is 0.264 e. The monoisotopic (exact) mass is 292 g/mol. The van der Waals surface area contributed by atoms with E-state index in [1.165, 1.54) is 36.1 Å². The van der Waals surface area contributed by atoms with Crippen molar-refractivity contribution in [3.63, 3.8) is 0 Å². The van der Waals surface area contributed by atoms with Crippen molar-refractivity contribution in [3.8, 4) is 0 Å². The molecule has 2 fully saturated rings. The Hall–Kier alpha value is -0.870. The molecule has 2 heterocycles. The topological polar surface area (TPSA) is 32.3 Å². The van der Waals surface area contributed by atoms with Crippen molar-refractivity contribution < 1.29 is 4.79 Å². The number of nitrogens with one attached hydrogen (secondary N) is 1. The van der Waals surface area contributed by atoms with E-state index in [4.69, 9.17) is 0 Å². The van der Waals surface area contributed by atoms with E-state index in [9.17, 15) is 4.79 Å². The van der Waals surface area contributed by atoms with Crippen molar-refractivity contribution in [2.45, 2.75) is 45.6 Å². The first-order chi connectivity index (χ1) is 9.65. The molecule has 1 aromatic rings. The largest absolute Gasteiger partial charge is 0.335 e. The molecule has 0 radical (unpaired) electrons. The lowest BCUT2D eigenvalue weighted by molar-refractivity contribution is 0.0709. The van der Waals surface area contributed by atoms with Crippen molar-refractivity contribution in [2.24, 2.45) is 5.92 Å². The Morgan fingerprint density at radius 2 is 2.20 bits per heavy atom. The molecule has 4 heteroatoms. The Kier molecular flexibility index (Phi) is 4.13. The number of carbonyl (C=O) groups excluding carboxylic acids is 1. The predicted octanol–water partition coefficient (Wildman–Crippen LogP) is 2.97. The Balaban J connectivity index is 1.71. The molecular weight excluding hydrogens is 268 g/mol. The highest BCUT2D eigenvalue weighted by Gasteiger charge is 2.35. The van der Waals surface area contributed by atoms with Crippen molar-refractivity contribution >= 4 is 17.2 Å². The van der Waals surface area contributed by atoms with E-state index in [1.807, 2.05) is 0 Å². The summed E-state index contributed by atoms with van der Waals surface area (Å²) in [6, 6.07) is 2.57. The third-order valence-electron chi connectivity index (χ3n) is 4.48. The van der Waals surface area contributed by atoms with E-state index < -0.39 is 0 Å². The summed E-state index contributed by atoms with van der Waals surface area (Å²) in [4.78, 5) is 17.1. The van der Waals surface area contributed by atoms with Gasteiger partial charge in [0.15, 0.2) is 0 Å². The summed E-state index contributed by atoms with van der Waals surface area (Å²) in [6.07, 6.45) is 4.88. The van der Waals surface area contributed by atoms with E-state index in [0.29, 0.717) is 12.0 Å². The van der Waals surface area contributed by atoms with Gasteiger partial charge in [0.2, 0.25) is 0 Å². The second kappa shape index (κ2) is 5.86. The fourth-order valence-electron chi connectivity index (χ4n) is 2.96. The van der Waals surface area contributed by atoms with Crippen LogP contribution in [0, 0.1) is 19.8 Å². The fraction of sp³-hybridized carbons (Fsp3) is 0.688. The third-order valence-corrected chi connectivity index (χ3v) is 5.62. The molecule has 0 bridgehead atoms. The van der Waals surface area contributed by atoms with Gasteiger partial charge in [-0.2, -0.15) is 0 Å². The average molecular weight is 292 g/mol. The molecule has 1 unspecified atom stereocenters. The molecule has 1 aromatic heterocycles. The molecule has 2 aliphatic rings. The maximum Gasteiger partial charge on any atom is 0.264 e. The standard InChI is InChI=1S/C16H24N2OS/c1-11-8-15(20-12(11)2)16(19)18(14-5-6-14)10-13-4-3-7-17-9-13/h8,13-14,17H,3-7,9-10H2,1-2H3. The molecule has 3 rings (SSSR count). The lowest BCUT2D eigenvalue weighted by atomic mass is 9.99. The Morgan fingerprint density at radius 1 is 1.40 bits per heavy atom. The number of hydrogen-bond donors (Lipinski definition) is 1. The SMILES string of the molecule is Cc1cc(C(=O)N(CC2CCCNC2)C2CC2)sc1C. The van der Waals surface area contributed by atoms with Gasteiger partial charge in [-0.3, -0.25) is 4.79 Å². The summed E-state index contributed by atoms with van der Waals surface area (Å²) in [5.41, 5.74) is 1.24. The molecule has 110 valence electrons. The summed E-state index contributed by atoms with van der Waals surface area (Å²) in [5.74, 6) is 0.898. The van der Waals surface area contributed by atoms with Gasteiger partial charge >= 0.3 is 0 Å². The minimum atomic E-state index is 0.263. The van der Waals surface area contributed by atoms with Gasteiger partial charge < -0.3 is 10.2 Å². The quantitative estimate of drug-likeness (QED) is 0.925. The highest BCUT2D eigenvalue weighted by atomic mass is 32.1. The molecule has 1 aliphatic carbocycles. The summed E-state index contributed by atoms with van der Waals surface area (Å²) in [5, 5.41) is 3.46. The molecule has 0 spiro atoms. The van der Waals surface area contributed by atoms with Gasteiger partial charge in [0, 0.05) is 17.5 Å². The second-order valence-corrected chi connectivity index (χ2v) is 7.51. The van der Waals surface area contributed by atoms with Gasteiger partial charge in [-0.1, -0.05) is 0 Å². The minimum absolute atomic E-state index is 0.263. The number of nitrogens with zero attached hydrogens (tertiary/aromatic N) is 1. The number of amides is 1. The van der Waals surface area contributed by atoms with Crippen molar-refractivity contribution in [2.75, 3.05) is 19.6 Å². The van der Waals surface area contributed by atoms with E-state index >= 15 is 0 Å². The van der Waals surface area contributed by atoms with E-state index in [1.54, 1.807) is 11.3 Å². The molecule has 1 atom stereocenters. The number of thiophene rings is 1. The van der Waals surface area contributed by atoms with Gasteiger partial charge in [-0.15, -0.1) is 11.3 Å². The van der Waals surface area contributed by atoms with Crippen LogP contribution in [0.1, 0.15) is 45.8 Å². The van der Waals surface area contributed by atoms with Gasteiger partial charge in [-0.05, 0) is 70.2 Å². The highest BCUT2D eigenvalue weighted by Crippen LogP contribution is 2.32. The molecule has 1 aliphatic heterocycles. The lowest BCUT2D eigenvalue weighted by Gasteiger charge is -2.30. The van der Waals surface area contributed by atoms with Gasteiger partial charge in [0.1, 0.15) is 0 Å². The van der Waals surface area contributed by atoms with Crippen molar-refractivity contribution in [3.05, 3.63) is 21.4 Å². The van der Waals surface area contributed by atoms with Crippen LogP contribution in [0.25, 0.3) is 0 Å². The first-order valence-electron chi connectivity index (χ1n) is 7.74. The summed E-state index contributed by atoms with van der Waals surface area (Å²) < 4.78 is 0. The third kappa shape index (κ3) is 3.07. The number of rotatable bonds is 4. The normalized spacial score (nSPS) is 22.8. The van der Waals surface area contributed by atoms with Crippen LogP contribution in [-0.2, 0) is 0 Å². The molecular formula is C16H24N2OS. The van der Waals surface area contributed by atoms with Crippen molar-refractivity contribution in [1.29, 1.82) is 0 Å². The Labute approximate surface area is 125 Å². The molecule has 0 aromatic carbocycles. The van der Waals surface area contributed by atoms with Crippen LogP contribution in [0.4, 0.5) is 0 Å². The van der Waals surface area contributed by atoms with Crippen LogP contribution >= 0.6 is 11.3 Å². The van der Waals surface area contributed by atoms with Crippen LogP contribution < -0.4 is 5.32 Å². The Morgan fingerprint density at radius 3 is 2.75 bits per heavy atom. The predicted molar refractivity (Wildman–Crippen MR) is 83.4 cm³/mol. The van der Waals surface area contributed by atoms with Crippen LogP contribution in [0.2, 0.25) is 0 Å². The summed E-state index contributed by atoms with van der Waals surface area (Å²) >= 11 is 1.65. The first kappa shape index (κ1) is 14.1. The van der Waals surface area contributed by atoms with Gasteiger partial charge in [0.25, 0.3) is 5.91 Å². The molecule has 1 amide bonds. The van der Waals surface area contributed by atoms with Crippen LogP contribution in [-0.4, -0.2) is 36.5 Å². The maximum absolute atomic E-state index is 12.8. The van der Waals surface area contributed by atoms with E-state index in [2.05, 4.69) is 30.1 Å². The van der Waals surface area contributed by atoms with Crippen molar-refractivity contribution in [1.82, 2.24) is 10.2 Å². The first-order valence-corrected chi connectivity index (χ1v) is 8.55. The zero-order valence-corrected chi connectivity index (χ0v) is 13.3. The fourth-order valence-corrected chi connectivity index (χ4v) is 3.95. The van der Waals surface area contributed by atoms with Crippen LogP contribution in [0.5, 0.6) is 0 Å². The summed E-state index contributed by atoms with van der Waals surface area (Å²) in [7, 11) is 0.